The molecule has 88 valence electrons. The van der Waals surface area contributed by atoms with Gasteiger partial charge in [-0.3, -0.25) is 0 Å². The fraction of sp³-hybridized carbons (Fsp3) is 0.429. The van der Waals surface area contributed by atoms with Crippen LogP contribution in [0.5, 0.6) is 5.75 Å². The minimum absolute atomic E-state index is 0.0921. The Bertz CT molecular complexity index is 350. The highest BCUT2D eigenvalue weighted by molar-refractivity contribution is 5.56. The Morgan fingerprint density at radius 2 is 2.00 bits per heavy atom. The molecule has 0 spiro atoms. The SMILES string of the molecule is COc1ccccc1/C=C/CCC(C)(C)N. The Hall–Kier alpha value is -1.28. The smallest absolute Gasteiger partial charge is 0.126 e. The number of benzene rings is 1. The molecule has 0 bridgehead atoms. The van der Waals surface area contributed by atoms with E-state index in [-0.39, 0.29) is 5.54 Å². The van der Waals surface area contributed by atoms with Crippen molar-refractivity contribution in [3.63, 3.8) is 0 Å². The summed E-state index contributed by atoms with van der Waals surface area (Å²) in [6.07, 6.45) is 6.21. The molecule has 0 saturated carbocycles. The Labute approximate surface area is 98.1 Å². The summed E-state index contributed by atoms with van der Waals surface area (Å²) in [4.78, 5) is 0. The molecule has 0 unspecified atom stereocenters. The van der Waals surface area contributed by atoms with E-state index in [1.165, 1.54) is 0 Å². The van der Waals surface area contributed by atoms with Crippen LogP contribution in [0.15, 0.2) is 30.3 Å². The fourth-order valence-electron chi connectivity index (χ4n) is 1.47. The van der Waals surface area contributed by atoms with Gasteiger partial charge in [0.1, 0.15) is 5.75 Å². The number of methoxy groups -OCH3 is 1. The van der Waals surface area contributed by atoms with Crippen molar-refractivity contribution in [3.8, 4) is 5.75 Å². The van der Waals surface area contributed by atoms with E-state index in [2.05, 4.69) is 12.2 Å². The molecule has 0 aliphatic rings. The zero-order valence-corrected chi connectivity index (χ0v) is 10.4. The maximum atomic E-state index is 5.91. The van der Waals surface area contributed by atoms with E-state index in [0.717, 1.165) is 24.2 Å². The molecule has 16 heavy (non-hydrogen) atoms. The van der Waals surface area contributed by atoms with Crippen LogP contribution in [-0.2, 0) is 0 Å². The summed E-state index contributed by atoms with van der Waals surface area (Å²) in [5.41, 5.74) is 6.93. The van der Waals surface area contributed by atoms with E-state index in [4.69, 9.17) is 10.5 Å². The third-order valence-corrected chi connectivity index (χ3v) is 2.39. The number of allylic oxidation sites excluding steroid dienone is 1. The summed E-state index contributed by atoms with van der Waals surface area (Å²) in [6.45, 7) is 4.09. The lowest BCUT2D eigenvalue weighted by molar-refractivity contribution is 0.414. The van der Waals surface area contributed by atoms with Crippen LogP contribution in [0.4, 0.5) is 0 Å². The van der Waals surface area contributed by atoms with E-state index >= 15 is 0 Å². The van der Waals surface area contributed by atoms with Gasteiger partial charge >= 0.3 is 0 Å². The molecule has 0 atom stereocenters. The molecular weight excluding hydrogens is 198 g/mol. The van der Waals surface area contributed by atoms with Crippen molar-refractivity contribution < 1.29 is 4.74 Å². The number of hydrogen-bond donors (Lipinski definition) is 1. The average molecular weight is 219 g/mol. The van der Waals surface area contributed by atoms with E-state index < -0.39 is 0 Å². The zero-order chi connectivity index (χ0) is 12.0. The normalized spacial score (nSPS) is 12.0. The maximum absolute atomic E-state index is 5.91. The van der Waals surface area contributed by atoms with Crippen LogP contribution in [0.3, 0.4) is 0 Å². The van der Waals surface area contributed by atoms with Crippen molar-refractivity contribution in [2.75, 3.05) is 7.11 Å². The van der Waals surface area contributed by atoms with E-state index in [9.17, 15) is 0 Å². The number of ether oxygens (including phenoxy) is 1. The third-order valence-electron chi connectivity index (χ3n) is 2.39. The predicted octanol–water partition coefficient (Wildman–Crippen LogP) is 3.23. The van der Waals surface area contributed by atoms with Crippen molar-refractivity contribution in [1.29, 1.82) is 0 Å². The van der Waals surface area contributed by atoms with Gasteiger partial charge in [-0.2, -0.15) is 0 Å². The second kappa shape index (κ2) is 5.71. The third kappa shape index (κ3) is 4.49. The first-order valence-electron chi connectivity index (χ1n) is 5.61. The molecule has 0 aromatic heterocycles. The summed E-state index contributed by atoms with van der Waals surface area (Å²) in [6, 6.07) is 7.99. The highest BCUT2D eigenvalue weighted by Gasteiger charge is 2.07. The number of rotatable bonds is 5. The topological polar surface area (TPSA) is 35.2 Å². The Morgan fingerprint density at radius 1 is 1.31 bits per heavy atom. The van der Waals surface area contributed by atoms with Gasteiger partial charge < -0.3 is 10.5 Å². The molecule has 0 aliphatic heterocycles. The molecule has 0 saturated heterocycles. The van der Waals surface area contributed by atoms with Crippen LogP contribution in [0.25, 0.3) is 6.08 Å². The lowest BCUT2D eigenvalue weighted by Gasteiger charge is -2.16. The van der Waals surface area contributed by atoms with Gasteiger partial charge in [0.2, 0.25) is 0 Å². The predicted molar refractivity (Wildman–Crippen MR) is 69.5 cm³/mol. The van der Waals surface area contributed by atoms with Crippen molar-refractivity contribution >= 4 is 6.08 Å². The second-order valence-electron chi connectivity index (χ2n) is 4.67. The van der Waals surface area contributed by atoms with E-state index in [0.29, 0.717) is 0 Å². The average Bonchev–Trinajstić information content (AvgIpc) is 2.23. The van der Waals surface area contributed by atoms with Crippen LogP contribution in [0.2, 0.25) is 0 Å². The zero-order valence-electron chi connectivity index (χ0n) is 10.4. The lowest BCUT2D eigenvalue weighted by Crippen LogP contribution is -2.31. The highest BCUT2D eigenvalue weighted by atomic mass is 16.5. The molecule has 2 heteroatoms. The first kappa shape index (κ1) is 12.8. The Morgan fingerprint density at radius 3 is 2.62 bits per heavy atom. The second-order valence-corrected chi connectivity index (χ2v) is 4.67. The molecule has 1 aromatic carbocycles. The van der Waals surface area contributed by atoms with Crippen molar-refractivity contribution in [2.45, 2.75) is 32.2 Å². The first-order chi connectivity index (χ1) is 7.53. The van der Waals surface area contributed by atoms with Gasteiger partial charge in [-0.25, -0.2) is 0 Å². The standard InChI is InChI=1S/C14H21NO/c1-14(2,15)11-7-6-9-12-8-4-5-10-13(12)16-3/h4-6,8-10H,7,11,15H2,1-3H3/b9-6+. The summed E-state index contributed by atoms with van der Waals surface area (Å²) < 4.78 is 5.27. The molecule has 0 radical (unpaired) electrons. The molecule has 0 heterocycles. The summed E-state index contributed by atoms with van der Waals surface area (Å²) in [5.74, 6) is 0.908. The van der Waals surface area contributed by atoms with Gasteiger partial charge in [0.25, 0.3) is 0 Å². The number of hydrogen-bond acceptors (Lipinski definition) is 2. The highest BCUT2D eigenvalue weighted by Crippen LogP contribution is 2.19. The lowest BCUT2D eigenvalue weighted by atomic mass is 10.00. The maximum Gasteiger partial charge on any atom is 0.126 e. The van der Waals surface area contributed by atoms with Crippen LogP contribution >= 0.6 is 0 Å². The van der Waals surface area contributed by atoms with Crippen molar-refractivity contribution in [3.05, 3.63) is 35.9 Å². The van der Waals surface area contributed by atoms with Gasteiger partial charge in [-0.05, 0) is 32.8 Å². The first-order valence-corrected chi connectivity index (χ1v) is 5.61. The quantitative estimate of drug-likeness (QED) is 0.825. The number of para-hydroxylation sites is 1. The Kier molecular flexibility index (Phi) is 4.56. The summed E-state index contributed by atoms with van der Waals surface area (Å²) in [7, 11) is 1.69. The molecule has 1 rings (SSSR count). The molecule has 0 fully saturated rings. The largest absolute Gasteiger partial charge is 0.496 e. The van der Waals surface area contributed by atoms with Gasteiger partial charge in [-0.15, -0.1) is 0 Å². The van der Waals surface area contributed by atoms with Gasteiger partial charge in [0.15, 0.2) is 0 Å². The molecule has 2 N–H and O–H groups in total. The van der Waals surface area contributed by atoms with E-state index in [1.807, 2.05) is 38.1 Å². The monoisotopic (exact) mass is 219 g/mol. The Balaban J connectivity index is 2.56. The molecule has 0 aliphatic carbocycles. The van der Waals surface area contributed by atoms with Gasteiger partial charge in [0.05, 0.1) is 7.11 Å². The summed E-state index contributed by atoms with van der Waals surface area (Å²) >= 11 is 0. The molecule has 2 nitrogen and oxygen atoms in total. The minimum atomic E-state index is -0.0921. The van der Waals surface area contributed by atoms with E-state index in [1.54, 1.807) is 7.11 Å². The van der Waals surface area contributed by atoms with Crippen molar-refractivity contribution in [1.82, 2.24) is 0 Å². The minimum Gasteiger partial charge on any atom is -0.496 e. The van der Waals surface area contributed by atoms with Crippen LogP contribution in [0, 0.1) is 0 Å². The van der Waals surface area contributed by atoms with Crippen LogP contribution in [-0.4, -0.2) is 12.6 Å². The number of nitrogens with two attached hydrogens (primary N) is 1. The molecule has 1 aromatic rings. The van der Waals surface area contributed by atoms with Crippen molar-refractivity contribution in [2.24, 2.45) is 5.73 Å². The van der Waals surface area contributed by atoms with Crippen LogP contribution < -0.4 is 10.5 Å². The fourth-order valence-corrected chi connectivity index (χ4v) is 1.47. The van der Waals surface area contributed by atoms with Gasteiger partial charge in [-0.1, -0.05) is 30.4 Å². The van der Waals surface area contributed by atoms with Crippen LogP contribution in [0.1, 0.15) is 32.3 Å². The molecule has 0 amide bonds. The van der Waals surface area contributed by atoms with Gasteiger partial charge in [0, 0.05) is 11.1 Å². The molecular formula is C14H21NO. The summed E-state index contributed by atoms with van der Waals surface area (Å²) in [5, 5.41) is 0.